The van der Waals surface area contributed by atoms with Crippen LogP contribution in [0.15, 0.2) is 107 Å². The van der Waals surface area contributed by atoms with Crippen molar-refractivity contribution >= 4 is 34.1 Å². The Morgan fingerprint density at radius 3 is 1.38 bits per heavy atom. The number of hydrogen-bond donors (Lipinski definition) is 6. The monoisotopic (exact) mass is 522 g/mol. The van der Waals surface area contributed by atoms with Gasteiger partial charge in [-0.1, -0.05) is 97.1 Å². The second kappa shape index (κ2) is 8.21. The van der Waals surface area contributed by atoms with Crippen LogP contribution in [0.5, 0.6) is 0 Å². The first-order chi connectivity index (χ1) is 19.8. The zero-order chi connectivity index (χ0) is 26.2. The molecule has 194 valence electrons. The molecule has 4 aliphatic rings. The van der Waals surface area contributed by atoms with Crippen LogP contribution < -0.4 is 26.6 Å². The summed E-state index contributed by atoms with van der Waals surface area (Å²) < 4.78 is 0. The van der Waals surface area contributed by atoms with E-state index < -0.39 is 0 Å². The largest absolute Gasteiger partial charge is 0.350 e. The van der Waals surface area contributed by atoms with E-state index in [1.165, 1.54) is 11.1 Å². The van der Waals surface area contributed by atoms with Crippen LogP contribution in [-0.2, 0) is 0 Å². The predicted octanol–water partition coefficient (Wildman–Crippen LogP) is 5.40. The molecular formula is C32H26N8. The van der Waals surface area contributed by atoms with Crippen molar-refractivity contribution in [3.8, 4) is 0 Å². The van der Waals surface area contributed by atoms with Gasteiger partial charge in [-0.15, -0.1) is 0 Å². The number of hydrogen-bond acceptors (Lipinski definition) is 7. The molecule has 0 spiro atoms. The number of H-pyrrole nitrogens is 1. The molecule has 0 fully saturated rings. The number of aromatic amines is 1. The van der Waals surface area contributed by atoms with Crippen molar-refractivity contribution in [2.75, 3.05) is 10.6 Å². The maximum absolute atomic E-state index is 5.16. The van der Waals surface area contributed by atoms with Crippen molar-refractivity contribution in [1.82, 2.24) is 20.9 Å². The molecule has 5 heterocycles. The summed E-state index contributed by atoms with van der Waals surface area (Å²) in [4.78, 5) is 13.9. The Morgan fingerprint density at radius 2 is 0.875 bits per heavy atom. The summed E-state index contributed by atoms with van der Waals surface area (Å²) in [5.41, 5.74) is 6.88. The van der Waals surface area contributed by atoms with Gasteiger partial charge in [-0.05, 0) is 11.1 Å². The van der Waals surface area contributed by atoms with Crippen molar-refractivity contribution in [2.45, 2.75) is 24.7 Å². The Balaban J connectivity index is 1.23. The van der Waals surface area contributed by atoms with E-state index in [1.54, 1.807) is 0 Å². The number of nitrogens with one attached hydrogen (secondary N) is 6. The number of aliphatic imine (C=N–C) groups is 2. The van der Waals surface area contributed by atoms with Gasteiger partial charge in [0, 0.05) is 33.0 Å². The molecule has 8 nitrogen and oxygen atoms in total. The molecule has 0 amide bonds. The Hall–Kier alpha value is -5.08. The molecule has 40 heavy (non-hydrogen) atoms. The molecule has 1 aromatic heterocycles. The zero-order valence-corrected chi connectivity index (χ0v) is 21.4. The van der Waals surface area contributed by atoms with Crippen LogP contribution in [0, 0.1) is 0 Å². The first-order valence-corrected chi connectivity index (χ1v) is 13.7. The number of amidine groups is 2. The van der Waals surface area contributed by atoms with Crippen molar-refractivity contribution < 1.29 is 0 Å². The van der Waals surface area contributed by atoms with Crippen molar-refractivity contribution in [3.63, 3.8) is 0 Å². The lowest BCUT2D eigenvalue weighted by atomic mass is 10.0. The average Bonchev–Trinajstić information content (AvgIpc) is 3.73. The van der Waals surface area contributed by atoms with E-state index in [0.717, 1.165) is 56.3 Å². The topological polar surface area (TPSA) is 101 Å². The van der Waals surface area contributed by atoms with Crippen LogP contribution in [0.1, 0.15) is 58.0 Å². The van der Waals surface area contributed by atoms with Crippen molar-refractivity contribution in [2.24, 2.45) is 9.98 Å². The van der Waals surface area contributed by atoms with Crippen LogP contribution in [0.2, 0.25) is 0 Å². The molecule has 4 unspecified atom stereocenters. The van der Waals surface area contributed by atoms with Gasteiger partial charge < -0.3 is 26.3 Å². The third-order valence-electron chi connectivity index (χ3n) is 8.33. The fourth-order valence-electron chi connectivity index (χ4n) is 6.46. The maximum Gasteiger partial charge on any atom is 0.148 e. The first-order valence-electron chi connectivity index (χ1n) is 13.7. The van der Waals surface area contributed by atoms with Gasteiger partial charge in [0.25, 0.3) is 0 Å². The fourth-order valence-corrected chi connectivity index (χ4v) is 6.46. The molecule has 0 aliphatic carbocycles. The third-order valence-corrected chi connectivity index (χ3v) is 8.33. The lowest BCUT2D eigenvalue weighted by Crippen LogP contribution is -2.40. The molecule has 0 saturated carbocycles. The first kappa shape index (κ1) is 21.8. The predicted molar refractivity (Wildman–Crippen MR) is 158 cm³/mol. The van der Waals surface area contributed by atoms with Crippen molar-refractivity contribution in [3.05, 3.63) is 130 Å². The zero-order valence-electron chi connectivity index (χ0n) is 21.4. The second-order valence-corrected chi connectivity index (χ2v) is 10.6. The van der Waals surface area contributed by atoms with E-state index in [0.29, 0.717) is 0 Å². The Labute approximate surface area is 230 Å². The molecule has 4 aliphatic heterocycles. The number of benzene rings is 4. The third kappa shape index (κ3) is 3.17. The number of anilines is 2. The van der Waals surface area contributed by atoms with E-state index >= 15 is 0 Å². The number of nitrogens with zero attached hydrogens (tertiary/aromatic N) is 2. The highest BCUT2D eigenvalue weighted by Gasteiger charge is 2.36. The molecule has 5 aromatic rings. The highest BCUT2D eigenvalue weighted by Crippen LogP contribution is 2.40. The van der Waals surface area contributed by atoms with E-state index in [1.807, 2.05) is 0 Å². The highest BCUT2D eigenvalue weighted by atomic mass is 15.3. The maximum atomic E-state index is 5.16. The summed E-state index contributed by atoms with van der Waals surface area (Å²) in [6.07, 6.45) is -0.694. The van der Waals surface area contributed by atoms with E-state index in [-0.39, 0.29) is 24.7 Å². The van der Waals surface area contributed by atoms with Gasteiger partial charge in [-0.3, -0.25) is 5.32 Å². The smallest absolute Gasteiger partial charge is 0.148 e. The summed E-state index contributed by atoms with van der Waals surface area (Å²) >= 11 is 0. The minimum Gasteiger partial charge on any atom is -0.350 e. The van der Waals surface area contributed by atoms with Crippen LogP contribution >= 0.6 is 0 Å². The van der Waals surface area contributed by atoms with E-state index in [9.17, 15) is 0 Å². The molecule has 0 radical (unpaired) electrons. The van der Waals surface area contributed by atoms with Crippen LogP contribution in [-0.4, -0.2) is 16.7 Å². The van der Waals surface area contributed by atoms with Crippen LogP contribution in [0.4, 0.5) is 11.6 Å². The normalized spacial score (nSPS) is 23.5. The Kier molecular flexibility index (Phi) is 4.48. The molecule has 8 heteroatoms. The molecule has 0 saturated heterocycles. The molecular weight excluding hydrogens is 496 g/mol. The number of rotatable bonds is 0. The number of fused-ring (bicyclic) bond motifs is 18. The summed E-state index contributed by atoms with van der Waals surface area (Å²) in [6, 6.07) is 33.8. The van der Waals surface area contributed by atoms with Crippen LogP contribution in [0.3, 0.4) is 0 Å². The molecule has 4 aromatic carbocycles. The van der Waals surface area contributed by atoms with Gasteiger partial charge in [-0.2, -0.15) is 0 Å². The average molecular weight is 523 g/mol. The molecule has 6 N–H and O–H groups in total. The van der Waals surface area contributed by atoms with Gasteiger partial charge in [0.15, 0.2) is 0 Å². The van der Waals surface area contributed by atoms with Gasteiger partial charge in [0.1, 0.15) is 48.0 Å². The highest BCUT2D eigenvalue weighted by molar-refractivity contribution is 6.06. The Morgan fingerprint density at radius 1 is 0.450 bits per heavy atom. The summed E-state index contributed by atoms with van der Waals surface area (Å²) in [7, 11) is 0. The van der Waals surface area contributed by atoms with Crippen LogP contribution in [0.25, 0.3) is 10.8 Å². The summed E-state index contributed by atoms with van der Waals surface area (Å²) in [6.45, 7) is 0. The van der Waals surface area contributed by atoms with E-state index in [4.69, 9.17) is 9.98 Å². The lowest BCUT2D eigenvalue weighted by molar-refractivity contribution is 0.456. The summed E-state index contributed by atoms with van der Waals surface area (Å²) in [5.74, 6) is 3.58. The minimum absolute atomic E-state index is 0.115. The SMILES string of the molecule is c1ccc2c(c1)C1=NC2Nc2[nH]c(c3ccccc23)NC2N=C(NC3NC(N1)c1ccccc13)c1ccccc12. The van der Waals surface area contributed by atoms with Gasteiger partial charge >= 0.3 is 0 Å². The Bertz CT molecular complexity index is 1750. The van der Waals surface area contributed by atoms with Gasteiger partial charge in [-0.25, -0.2) is 9.98 Å². The fraction of sp³-hybridized carbons (Fsp3) is 0.125. The minimum atomic E-state index is -0.232. The number of aromatic nitrogens is 1. The summed E-state index contributed by atoms with van der Waals surface area (Å²) in [5, 5.41) is 20.8. The van der Waals surface area contributed by atoms with Crippen molar-refractivity contribution in [1.29, 1.82) is 0 Å². The standard InChI is InChI=1S/C32H26N8/c1-2-10-18-17(9-1)25-33-26(18)38-28-21-13-5-6-14-22(21)30(35-28)40-32-24-16-8-7-15-23(24)31(36-32)39-29-20-12-4-3-11-19(20)27(34-29)37-25/h1-16,25-26,29-30,33,36,39-40H,(H,34,37)(H,35,38). The molecule has 4 atom stereocenters. The second-order valence-electron chi connectivity index (χ2n) is 10.6. The molecule has 9 rings (SSSR count). The molecule has 8 bridgehead atoms. The van der Waals surface area contributed by atoms with Gasteiger partial charge in [0.2, 0.25) is 0 Å². The quantitative estimate of drug-likeness (QED) is 0.164. The van der Waals surface area contributed by atoms with E-state index in [2.05, 4.69) is 129 Å². The van der Waals surface area contributed by atoms with Gasteiger partial charge in [0.05, 0.1) is 0 Å². The lowest BCUT2D eigenvalue weighted by Gasteiger charge is -2.20.